The van der Waals surface area contributed by atoms with Crippen LogP contribution in [0, 0.1) is 0 Å². The molecule has 0 aromatic carbocycles. The molecule has 5 nitrogen and oxygen atoms in total. The topological polar surface area (TPSA) is 61.4 Å². The number of hydrogen-bond donors (Lipinski definition) is 2. The van der Waals surface area contributed by atoms with E-state index in [1.807, 2.05) is 6.92 Å². The summed E-state index contributed by atoms with van der Waals surface area (Å²) in [5.41, 5.74) is 0. The van der Waals surface area contributed by atoms with Gasteiger partial charge in [0.2, 0.25) is 5.91 Å². The number of alkyl halides is 3. The zero-order valence-corrected chi connectivity index (χ0v) is 11.4. The fourth-order valence-corrected chi connectivity index (χ4v) is 2.05. The van der Waals surface area contributed by atoms with Gasteiger partial charge in [0.05, 0.1) is 6.42 Å². The van der Waals surface area contributed by atoms with E-state index in [0.29, 0.717) is 32.5 Å². The molecule has 0 aromatic rings. The first-order valence-corrected chi connectivity index (χ1v) is 6.70. The van der Waals surface area contributed by atoms with E-state index in [-0.39, 0.29) is 12.1 Å². The number of carbonyl (C=O) groups excluding carboxylic acids is 2. The van der Waals surface area contributed by atoms with E-state index in [4.69, 9.17) is 0 Å². The Balaban J connectivity index is 2.25. The standard InChI is InChI=1S/C12H20F3N3O2/c1-2-16-11(20)18-7-4-9(5-8-18)17-10(19)3-6-12(13,14)15/h9H,2-8H2,1H3,(H,16,20)(H,17,19). The molecular formula is C12H20F3N3O2. The second kappa shape index (κ2) is 7.35. The zero-order valence-electron chi connectivity index (χ0n) is 11.4. The summed E-state index contributed by atoms with van der Waals surface area (Å²) in [5, 5.41) is 5.27. The minimum atomic E-state index is -4.31. The average molecular weight is 295 g/mol. The highest BCUT2D eigenvalue weighted by Crippen LogP contribution is 2.21. The van der Waals surface area contributed by atoms with Crippen LogP contribution in [0.3, 0.4) is 0 Å². The highest BCUT2D eigenvalue weighted by molar-refractivity contribution is 5.76. The molecule has 0 saturated carbocycles. The summed E-state index contributed by atoms with van der Waals surface area (Å²) in [6.45, 7) is 3.37. The maximum atomic E-state index is 12.0. The van der Waals surface area contributed by atoms with Crippen LogP contribution in [0.2, 0.25) is 0 Å². The number of likely N-dealkylation sites (tertiary alicyclic amines) is 1. The predicted octanol–water partition coefficient (Wildman–Crippen LogP) is 1.64. The van der Waals surface area contributed by atoms with Crippen LogP contribution < -0.4 is 10.6 Å². The number of amides is 3. The lowest BCUT2D eigenvalue weighted by Crippen LogP contribution is -2.49. The first-order valence-electron chi connectivity index (χ1n) is 6.70. The Kier molecular flexibility index (Phi) is 6.09. The third-order valence-electron chi connectivity index (χ3n) is 3.11. The van der Waals surface area contributed by atoms with E-state index in [9.17, 15) is 22.8 Å². The third kappa shape index (κ3) is 6.12. The van der Waals surface area contributed by atoms with Gasteiger partial charge in [-0.25, -0.2) is 4.79 Å². The Morgan fingerprint density at radius 2 is 1.85 bits per heavy atom. The molecule has 1 saturated heterocycles. The molecule has 1 aliphatic rings. The molecule has 20 heavy (non-hydrogen) atoms. The number of piperidine rings is 1. The molecule has 0 aliphatic carbocycles. The highest BCUT2D eigenvalue weighted by Gasteiger charge is 2.29. The first-order chi connectivity index (χ1) is 9.31. The van der Waals surface area contributed by atoms with Crippen molar-refractivity contribution in [3.05, 3.63) is 0 Å². The van der Waals surface area contributed by atoms with Gasteiger partial charge in [-0.05, 0) is 19.8 Å². The van der Waals surface area contributed by atoms with Gasteiger partial charge in [-0.15, -0.1) is 0 Å². The van der Waals surface area contributed by atoms with E-state index >= 15 is 0 Å². The van der Waals surface area contributed by atoms with Gasteiger partial charge in [-0.2, -0.15) is 13.2 Å². The molecule has 3 amide bonds. The maximum Gasteiger partial charge on any atom is 0.389 e. The summed E-state index contributed by atoms with van der Waals surface area (Å²) in [5.74, 6) is -0.584. The van der Waals surface area contributed by atoms with E-state index in [2.05, 4.69) is 10.6 Å². The third-order valence-corrected chi connectivity index (χ3v) is 3.11. The molecule has 0 atom stereocenters. The van der Waals surface area contributed by atoms with E-state index in [1.165, 1.54) is 0 Å². The van der Waals surface area contributed by atoms with E-state index < -0.39 is 24.9 Å². The summed E-state index contributed by atoms with van der Waals surface area (Å²) in [7, 11) is 0. The number of halogens is 3. The van der Waals surface area contributed by atoms with Crippen molar-refractivity contribution in [2.75, 3.05) is 19.6 Å². The molecule has 0 radical (unpaired) electrons. The minimum absolute atomic E-state index is 0.144. The molecule has 116 valence electrons. The van der Waals surface area contributed by atoms with Crippen LogP contribution in [0.25, 0.3) is 0 Å². The summed E-state index contributed by atoms with van der Waals surface area (Å²) in [4.78, 5) is 24.6. The Morgan fingerprint density at radius 1 is 1.25 bits per heavy atom. The van der Waals surface area contributed by atoms with Crippen molar-refractivity contribution >= 4 is 11.9 Å². The van der Waals surface area contributed by atoms with Crippen LogP contribution in [-0.2, 0) is 4.79 Å². The Bertz CT molecular complexity index is 339. The maximum absolute atomic E-state index is 12.0. The molecule has 1 fully saturated rings. The molecular weight excluding hydrogens is 275 g/mol. The second-order valence-corrected chi connectivity index (χ2v) is 4.78. The van der Waals surface area contributed by atoms with Crippen molar-refractivity contribution in [2.45, 2.75) is 44.8 Å². The molecule has 0 aromatic heterocycles. The van der Waals surface area contributed by atoms with Crippen LogP contribution in [0.4, 0.5) is 18.0 Å². The quantitative estimate of drug-likeness (QED) is 0.828. The van der Waals surface area contributed by atoms with Gasteiger partial charge >= 0.3 is 12.2 Å². The minimum Gasteiger partial charge on any atom is -0.353 e. The highest BCUT2D eigenvalue weighted by atomic mass is 19.4. The van der Waals surface area contributed by atoms with Gasteiger partial charge in [0.1, 0.15) is 0 Å². The van der Waals surface area contributed by atoms with E-state index in [1.54, 1.807) is 4.90 Å². The molecule has 0 spiro atoms. The molecule has 1 aliphatic heterocycles. The SMILES string of the molecule is CCNC(=O)N1CCC(NC(=O)CCC(F)(F)F)CC1. The van der Waals surface area contributed by atoms with Gasteiger partial charge in [-0.3, -0.25) is 4.79 Å². The largest absolute Gasteiger partial charge is 0.389 e. The summed E-state index contributed by atoms with van der Waals surface area (Å²) in [6.07, 6.45) is -4.82. The fraction of sp³-hybridized carbons (Fsp3) is 0.833. The zero-order chi connectivity index (χ0) is 15.2. The van der Waals surface area contributed by atoms with Crippen LogP contribution in [-0.4, -0.2) is 48.7 Å². The Labute approximate surface area is 115 Å². The van der Waals surface area contributed by atoms with Crippen LogP contribution in [0.5, 0.6) is 0 Å². The van der Waals surface area contributed by atoms with Crippen molar-refractivity contribution in [3.8, 4) is 0 Å². The summed E-state index contributed by atoms with van der Waals surface area (Å²) in [6, 6.07) is -0.296. The Hall–Kier alpha value is -1.47. The molecule has 1 heterocycles. The fourth-order valence-electron chi connectivity index (χ4n) is 2.05. The van der Waals surface area contributed by atoms with Crippen LogP contribution >= 0.6 is 0 Å². The molecule has 0 bridgehead atoms. The van der Waals surface area contributed by atoms with Crippen LogP contribution in [0.15, 0.2) is 0 Å². The molecule has 0 unspecified atom stereocenters. The monoisotopic (exact) mass is 295 g/mol. The lowest BCUT2D eigenvalue weighted by Gasteiger charge is -2.32. The van der Waals surface area contributed by atoms with Gasteiger partial charge in [-0.1, -0.05) is 0 Å². The summed E-state index contributed by atoms with van der Waals surface area (Å²) < 4.78 is 35.9. The molecule has 1 rings (SSSR count). The van der Waals surface area contributed by atoms with Crippen molar-refractivity contribution in [3.63, 3.8) is 0 Å². The summed E-state index contributed by atoms with van der Waals surface area (Å²) >= 11 is 0. The van der Waals surface area contributed by atoms with Crippen molar-refractivity contribution < 1.29 is 22.8 Å². The number of rotatable bonds is 4. The number of nitrogens with one attached hydrogen (secondary N) is 2. The van der Waals surface area contributed by atoms with Gasteiger partial charge in [0.15, 0.2) is 0 Å². The van der Waals surface area contributed by atoms with Crippen LogP contribution in [0.1, 0.15) is 32.6 Å². The number of carbonyl (C=O) groups is 2. The Morgan fingerprint density at radius 3 is 2.35 bits per heavy atom. The number of urea groups is 1. The second-order valence-electron chi connectivity index (χ2n) is 4.78. The number of hydrogen-bond acceptors (Lipinski definition) is 2. The lowest BCUT2D eigenvalue weighted by atomic mass is 10.1. The first kappa shape index (κ1) is 16.6. The smallest absolute Gasteiger partial charge is 0.353 e. The average Bonchev–Trinajstić information content (AvgIpc) is 2.37. The lowest BCUT2D eigenvalue weighted by molar-refractivity contribution is -0.144. The van der Waals surface area contributed by atoms with Crippen molar-refractivity contribution in [2.24, 2.45) is 0 Å². The predicted molar refractivity (Wildman–Crippen MR) is 67.1 cm³/mol. The van der Waals surface area contributed by atoms with Gasteiger partial charge in [0, 0.05) is 32.1 Å². The van der Waals surface area contributed by atoms with Crippen molar-refractivity contribution in [1.29, 1.82) is 0 Å². The van der Waals surface area contributed by atoms with Gasteiger partial charge in [0.25, 0.3) is 0 Å². The molecule has 2 N–H and O–H groups in total. The van der Waals surface area contributed by atoms with E-state index in [0.717, 1.165) is 0 Å². The van der Waals surface area contributed by atoms with Gasteiger partial charge < -0.3 is 15.5 Å². The number of nitrogens with zero attached hydrogens (tertiary/aromatic N) is 1. The normalized spacial score (nSPS) is 16.9. The van der Waals surface area contributed by atoms with Crippen molar-refractivity contribution in [1.82, 2.24) is 15.5 Å². The molecule has 8 heteroatoms.